The van der Waals surface area contributed by atoms with Crippen LogP contribution >= 0.6 is 0 Å². The highest BCUT2D eigenvalue weighted by molar-refractivity contribution is 6.39. The van der Waals surface area contributed by atoms with Gasteiger partial charge in [0.15, 0.2) is 0 Å². The highest BCUT2D eigenvalue weighted by atomic mass is 16.7. The Kier molecular flexibility index (Phi) is 18.2. The number of piperidine rings is 1. The van der Waals surface area contributed by atoms with Crippen LogP contribution in [0.1, 0.15) is 105 Å². The number of hydrogen-bond acceptors (Lipinski definition) is 13. The molecule has 14 nitrogen and oxygen atoms in total. The molecular formula is C45H70N2O12. The van der Waals surface area contributed by atoms with Gasteiger partial charge in [-0.2, -0.15) is 0 Å². The van der Waals surface area contributed by atoms with E-state index in [0.29, 0.717) is 63.5 Å². The number of aliphatic hydroxyl groups excluding tert-OH is 2. The minimum atomic E-state index is -2.60. The predicted octanol–water partition coefficient (Wildman–Crippen LogP) is 3.77. The van der Waals surface area contributed by atoms with Gasteiger partial charge in [0.25, 0.3) is 11.7 Å². The van der Waals surface area contributed by atoms with Crippen LogP contribution in [0.4, 0.5) is 0 Å². The Bertz CT molecular complexity index is 1560. The van der Waals surface area contributed by atoms with Crippen molar-refractivity contribution in [2.75, 3.05) is 27.3 Å². The standard InChI is InChI=1S/C45H70N2O12/c1-26-18-27(2)20-39(57-7)41-33(25-48)22-29(4)45(55,59-41)42(52)43(53)47-17-11-9-13-34(47)44(54)58-40(28(3)21-31-14-15-35(49)38(23-31)56-6)30(5)36(50)24-37(51)32(19-26)12-8-10-16-46/h8,10,19,21,25,27,29-36,38-41,49-50,55H,9,11-18,20,22-24,46H2,1-7H3/b10-8+,26-19+,28-21+/t27-,29+,30+,31-,32+,33+,34-,35+,36-,38+,39-,40+,41-,45+/m0/s1. The Morgan fingerprint density at radius 3 is 2.34 bits per heavy atom. The van der Waals surface area contributed by atoms with E-state index in [2.05, 4.69) is 0 Å². The fourth-order valence-electron chi connectivity index (χ4n) is 9.59. The summed E-state index contributed by atoms with van der Waals surface area (Å²) in [4.78, 5) is 70.4. The minimum absolute atomic E-state index is 0.0312. The number of carbonyl (C=O) groups excluding carboxylic acids is 5. The lowest BCUT2D eigenvalue weighted by molar-refractivity contribution is -0.287. The van der Waals surface area contributed by atoms with Crippen LogP contribution in [0.15, 0.2) is 35.5 Å². The maximum Gasteiger partial charge on any atom is 0.329 e. The van der Waals surface area contributed by atoms with Crippen molar-refractivity contribution >= 4 is 29.7 Å². The molecule has 0 unspecified atom stereocenters. The maximum atomic E-state index is 14.3. The molecule has 2 saturated heterocycles. The molecule has 14 heteroatoms. The van der Waals surface area contributed by atoms with Gasteiger partial charge in [-0.15, -0.1) is 0 Å². The summed E-state index contributed by atoms with van der Waals surface area (Å²) in [6, 6.07) is -1.18. The smallest absolute Gasteiger partial charge is 0.329 e. The Hall–Kier alpha value is -3.11. The van der Waals surface area contributed by atoms with E-state index in [4.69, 9.17) is 24.7 Å². The second kappa shape index (κ2) is 22.1. The Balaban J connectivity index is 1.79. The van der Waals surface area contributed by atoms with Crippen LogP contribution in [0.25, 0.3) is 0 Å². The number of rotatable bonds is 8. The number of Topliss-reactive ketones (excluding diaryl/α,β-unsaturated/α-hetero) is 2. The summed E-state index contributed by atoms with van der Waals surface area (Å²) in [5.74, 6) is -9.03. The van der Waals surface area contributed by atoms with Gasteiger partial charge in [0.1, 0.15) is 24.2 Å². The van der Waals surface area contributed by atoms with Crippen molar-refractivity contribution < 1.29 is 58.2 Å². The molecule has 3 heterocycles. The van der Waals surface area contributed by atoms with E-state index in [1.807, 2.05) is 32.1 Å². The molecule has 59 heavy (non-hydrogen) atoms. The van der Waals surface area contributed by atoms with Crippen molar-refractivity contribution in [3.8, 4) is 0 Å². The lowest BCUT2D eigenvalue weighted by Gasteiger charge is -2.46. The van der Waals surface area contributed by atoms with E-state index in [0.717, 1.165) is 16.8 Å². The minimum Gasteiger partial charge on any atom is -0.456 e. The number of nitrogens with two attached hydrogens (primary N) is 1. The van der Waals surface area contributed by atoms with Gasteiger partial charge in [0.05, 0.1) is 30.5 Å². The van der Waals surface area contributed by atoms with E-state index in [9.17, 15) is 39.3 Å². The van der Waals surface area contributed by atoms with Crippen LogP contribution in [-0.4, -0.2) is 126 Å². The first-order chi connectivity index (χ1) is 28.0. The topological polar surface area (TPSA) is 212 Å². The van der Waals surface area contributed by atoms with Crippen molar-refractivity contribution in [2.45, 2.75) is 154 Å². The first kappa shape index (κ1) is 48.6. The molecule has 3 fully saturated rings. The third-order valence-electron chi connectivity index (χ3n) is 13.1. The Morgan fingerprint density at radius 2 is 1.68 bits per heavy atom. The molecule has 4 aliphatic rings. The first-order valence-electron chi connectivity index (χ1n) is 21.6. The lowest BCUT2D eigenvalue weighted by Crippen LogP contribution is -2.63. The average molecular weight is 831 g/mol. The summed E-state index contributed by atoms with van der Waals surface area (Å²) < 4.78 is 23.8. The van der Waals surface area contributed by atoms with Gasteiger partial charge in [0, 0.05) is 57.4 Å². The molecule has 3 aliphatic heterocycles. The number of allylic oxidation sites excluding steroid dienone is 4. The van der Waals surface area contributed by atoms with Crippen LogP contribution in [-0.2, 0) is 42.9 Å². The zero-order valence-electron chi connectivity index (χ0n) is 36.1. The van der Waals surface area contributed by atoms with Gasteiger partial charge >= 0.3 is 5.97 Å². The molecule has 5 N–H and O–H groups in total. The van der Waals surface area contributed by atoms with E-state index in [1.54, 1.807) is 34.0 Å². The summed E-state index contributed by atoms with van der Waals surface area (Å²) in [7, 11) is 3.01. The van der Waals surface area contributed by atoms with Crippen LogP contribution < -0.4 is 5.73 Å². The SMILES string of the molecule is CO[C@H]1C[C@@H](C)C/C(C)=C/[C@@H](C/C=C/CN)C(=O)C[C@H](O)[C@@H](C)[C@@H](/C(C)=C/[C@@H]2CC[C@@H](O)[C@H](OC)C2)OC(=O)[C@@H]2CCCCN2C(=O)C(=O)[C@]2(O)O[C@H]1[C@@H](C=O)C[C@H]2C. The van der Waals surface area contributed by atoms with E-state index < -0.39 is 83.7 Å². The van der Waals surface area contributed by atoms with Gasteiger partial charge in [-0.1, -0.05) is 50.6 Å². The number of carbonyl (C=O) groups is 5. The molecule has 2 bridgehead atoms. The summed E-state index contributed by atoms with van der Waals surface area (Å²) in [5, 5.41) is 34.2. The van der Waals surface area contributed by atoms with Crippen LogP contribution in [0, 0.1) is 35.5 Å². The number of hydrogen-bond donors (Lipinski definition) is 4. The molecule has 0 aromatic heterocycles. The quantitative estimate of drug-likeness (QED) is 0.119. The molecule has 1 saturated carbocycles. The fourth-order valence-corrected chi connectivity index (χ4v) is 9.59. The van der Waals surface area contributed by atoms with E-state index in [-0.39, 0.29) is 49.5 Å². The molecular weight excluding hydrogens is 760 g/mol. The van der Waals surface area contributed by atoms with Crippen LogP contribution in [0.5, 0.6) is 0 Å². The number of methoxy groups -OCH3 is 2. The number of esters is 1. The molecule has 14 atom stereocenters. The van der Waals surface area contributed by atoms with Crippen LogP contribution in [0.3, 0.4) is 0 Å². The van der Waals surface area contributed by atoms with Gasteiger partial charge < -0.3 is 49.7 Å². The number of aldehydes is 1. The highest BCUT2D eigenvalue weighted by Gasteiger charge is 2.56. The van der Waals surface area contributed by atoms with Crippen LogP contribution in [0.2, 0.25) is 0 Å². The molecule has 4 rings (SSSR count). The first-order valence-corrected chi connectivity index (χ1v) is 21.6. The number of cyclic esters (lactones) is 1. The number of amides is 1. The molecule has 0 aromatic rings. The summed E-state index contributed by atoms with van der Waals surface area (Å²) in [6.07, 6.45) is 7.28. The highest BCUT2D eigenvalue weighted by Crippen LogP contribution is 2.40. The number of fused-ring (bicyclic) bond motifs is 3. The van der Waals surface area contributed by atoms with E-state index >= 15 is 0 Å². The number of ketones is 2. The van der Waals surface area contributed by atoms with Gasteiger partial charge in [-0.05, 0) is 95.5 Å². The van der Waals surface area contributed by atoms with Crippen molar-refractivity contribution in [1.82, 2.24) is 4.90 Å². The lowest BCUT2D eigenvalue weighted by atomic mass is 9.78. The van der Waals surface area contributed by atoms with Crippen molar-refractivity contribution in [3.05, 3.63) is 35.5 Å². The average Bonchev–Trinajstić information content (AvgIpc) is 3.21. The second-order valence-electron chi connectivity index (χ2n) is 17.7. The van der Waals surface area contributed by atoms with Gasteiger partial charge in [-0.3, -0.25) is 14.4 Å². The zero-order valence-corrected chi connectivity index (χ0v) is 36.1. The largest absolute Gasteiger partial charge is 0.456 e. The monoisotopic (exact) mass is 830 g/mol. The molecule has 1 amide bonds. The van der Waals surface area contributed by atoms with Gasteiger partial charge in [0.2, 0.25) is 5.79 Å². The number of nitrogens with zero attached hydrogens (tertiary/aromatic N) is 1. The van der Waals surface area contributed by atoms with Crippen molar-refractivity contribution in [2.24, 2.45) is 41.2 Å². The molecule has 332 valence electrons. The molecule has 0 radical (unpaired) electrons. The summed E-state index contributed by atoms with van der Waals surface area (Å²) in [6.45, 7) is 9.34. The van der Waals surface area contributed by atoms with Gasteiger partial charge in [-0.25, -0.2) is 4.79 Å². The number of ether oxygens (including phenoxy) is 4. The third kappa shape index (κ3) is 12.0. The van der Waals surface area contributed by atoms with E-state index in [1.165, 1.54) is 7.11 Å². The normalized spacial score (nSPS) is 40.1. The third-order valence-corrected chi connectivity index (χ3v) is 13.1. The zero-order chi connectivity index (χ0) is 43.6. The molecule has 0 spiro atoms. The summed E-state index contributed by atoms with van der Waals surface area (Å²) >= 11 is 0. The summed E-state index contributed by atoms with van der Waals surface area (Å²) in [5.41, 5.74) is 7.27. The molecule has 1 aliphatic carbocycles. The fraction of sp³-hybridized carbons (Fsp3) is 0.756. The molecule has 0 aromatic carbocycles. The van der Waals surface area contributed by atoms with Crippen molar-refractivity contribution in [1.29, 1.82) is 0 Å². The second-order valence-corrected chi connectivity index (χ2v) is 17.7. The Morgan fingerprint density at radius 1 is 0.966 bits per heavy atom. The number of aliphatic hydroxyl groups is 3. The Labute approximate surface area is 349 Å². The maximum absolute atomic E-state index is 14.3. The predicted molar refractivity (Wildman–Crippen MR) is 219 cm³/mol. The van der Waals surface area contributed by atoms with Crippen molar-refractivity contribution in [3.63, 3.8) is 0 Å².